The molecule has 1 aliphatic heterocycles. The number of ether oxygens (including phenoxy) is 2. The lowest BCUT2D eigenvalue weighted by atomic mass is 10.1. The molecular formula is C11H20N2O3. The third-order valence-electron chi connectivity index (χ3n) is 3.47. The lowest BCUT2D eigenvalue weighted by Crippen LogP contribution is -2.56. The number of fused-ring (bicyclic) bond motifs is 1. The van der Waals surface area contributed by atoms with E-state index in [0.717, 1.165) is 12.8 Å². The van der Waals surface area contributed by atoms with Crippen LogP contribution >= 0.6 is 0 Å². The van der Waals surface area contributed by atoms with E-state index in [1.165, 1.54) is 0 Å². The molecule has 0 bridgehead atoms. The van der Waals surface area contributed by atoms with Crippen LogP contribution in [0, 0.1) is 0 Å². The summed E-state index contributed by atoms with van der Waals surface area (Å²) in [7, 11) is 5.29. The second-order valence-corrected chi connectivity index (χ2v) is 4.62. The van der Waals surface area contributed by atoms with Crippen molar-refractivity contribution in [3.05, 3.63) is 0 Å². The lowest BCUT2D eigenvalue weighted by molar-refractivity contribution is -0.0943. The first-order valence-corrected chi connectivity index (χ1v) is 5.77. The van der Waals surface area contributed by atoms with Gasteiger partial charge in [-0.1, -0.05) is 0 Å². The number of hydrogen-bond donors (Lipinski definition) is 0. The summed E-state index contributed by atoms with van der Waals surface area (Å²) in [5.41, 5.74) is 0. The van der Waals surface area contributed by atoms with Gasteiger partial charge in [0.05, 0.1) is 18.8 Å². The Bertz CT molecular complexity index is 270. The second kappa shape index (κ2) is 4.59. The minimum atomic E-state index is 0.0580. The molecule has 2 amide bonds. The Hall–Kier alpha value is -0.810. The molecule has 1 saturated heterocycles. The topological polar surface area (TPSA) is 42.0 Å². The molecule has 92 valence electrons. The van der Waals surface area contributed by atoms with Crippen molar-refractivity contribution in [2.45, 2.75) is 31.1 Å². The molecule has 16 heavy (non-hydrogen) atoms. The molecule has 5 nitrogen and oxygen atoms in total. The number of methoxy groups -OCH3 is 1. The molecular weight excluding hydrogens is 208 g/mol. The molecule has 1 heterocycles. The van der Waals surface area contributed by atoms with Gasteiger partial charge in [0.15, 0.2) is 0 Å². The lowest BCUT2D eigenvalue weighted by Gasteiger charge is -2.39. The van der Waals surface area contributed by atoms with Crippen molar-refractivity contribution < 1.29 is 14.3 Å². The third-order valence-corrected chi connectivity index (χ3v) is 3.47. The average molecular weight is 228 g/mol. The summed E-state index contributed by atoms with van der Waals surface area (Å²) >= 11 is 0. The highest BCUT2D eigenvalue weighted by atomic mass is 16.5. The van der Waals surface area contributed by atoms with Gasteiger partial charge >= 0.3 is 6.03 Å². The minimum Gasteiger partial charge on any atom is -0.379 e. The fraction of sp³-hybridized carbons (Fsp3) is 0.909. The summed E-state index contributed by atoms with van der Waals surface area (Å²) < 4.78 is 11.1. The van der Waals surface area contributed by atoms with Gasteiger partial charge in [0.1, 0.15) is 6.10 Å². The molecule has 3 atom stereocenters. The van der Waals surface area contributed by atoms with E-state index in [1.807, 2.05) is 4.90 Å². The molecule has 1 aliphatic carbocycles. The van der Waals surface area contributed by atoms with E-state index in [4.69, 9.17) is 9.47 Å². The zero-order valence-corrected chi connectivity index (χ0v) is 10.2. The van der Waals surface area contributed by atoms with E-state index in [0.29, 0.717) is 13.2 Å². The van der Waals surface area contributed by atoms with E-state index >= 15 is 0 Å². The number of hydrogen-bond acceptors (Lipinski definition) is 3. The Morgan fingerprint density at radius 3 is 2.81 bits per heavy atom. The summed E-state index contributed by atoms with van der Waals surface area (Å²) in [4.78, 5) is 15.5. The molecule has 0 unspecified atom stereocenters. The summed E-state index contributed by atoms with van der Waals surface area (Å²) in [6.45, 7) is 1.30. The molecule has 5 heteroatoms. The van der Waals surface area contributed by atoms with Crippen LogP contribution in [0.5, 0.6) is 0 Å². The summed E-state index contributed by atoms with van der Waals surface area (Å²) in [5, 5.41) is 0. The zero-order chi connectivity index (χ0) is 11.7. The van der Waals surface area contributed by atoms with Gasteiger partial charge in [-0.15, -0.1) is 0 Å². The number of carbonyl (C=O) groups is 1. The van der Waals surface area contributed by atoms with Crippen molar-refractivity contribution in [3.63, 3.8) is 0 Å². The van der Waals surface area contributed by atoms with Crippen molar-refractivity contribution in [1.82, 2.24) is 9.80 Å². The van der Waals surface area contributed by atoms with Gasteiger partial charge in [0, 0.05) is 27.7 Å². The standard InChI is InChI=1S/C11H20N2O3/c1-12(2)11(14)13-6-7-16-10-8(13)4-5-9(10)15-3/h8-10H,4-7H2,1-3H3/t8-,9-,10-/m1/s1. The van der Waals surface area contributed by atoms with Gasteiger partial charge in [-0.25, -0.2) is 4.79 Å². The SMILES string of the molecule is CO[C@@H]1CC[C@@H]2[C@H]1OCCN2C(=O)N(C)C. The van der Waals surface area contributed by atoms with E-state index in [9.17, 15) is 4.79 Å². The fourth-order valence-corrected chi connectivity index (χ4v) is 2.66. The van der Waals surface area contributed by atoms with Gasteiger partial charge in [-0.05, 0) is 12.8 Å². The van der Waals surface area contributed by atoms with Crippen molar-refractivity contribution in [2.75, 3.05) is 34.4 Å². The summed E-state index contributed by atoms with van der Waals surface area (Å²) in [6, 6.07) is 0.267. The number of rotatable bonds is 1. The van der Waals surface area contributed by atoms with Gasteiger partial charge in [-0.2, -0.15) is 0 Å². The predicted molar refractivity (Wildman–Crippen MR) is 59.3 cm³/mol. The Labute approximate surface area is 96.3 Å². The molecule has 0 aromatic carbocycles. The number of nitrogens with zero attached hydrogens (tertiary/aromatic N) is 2. The Balaban J connectivity index is 2.08. The largest absolute Gasteiger partial charge is 0.379 e. The van der Waals surface area contributed by atoms with Gasteiger partial charge in [0.2, 0.25) is 0 Å². The quantitative estimate of drug-likeness (QED) is 0.658. The highest BCUT2D eigenvalue weighted by molar-refractivity contribution is 5.74. The van der Waals surface area contributed by atoms with Crippen LogP contribution in [0.3, 0.4) is 0 Å². The number of amides is 2. The van der Waals surface area contributed by atoms with Crippen LogP contribution in [0.15, 0.2) is 0 Å². The van der Waals surface area contributed by atoms with E-state index < -0.39 is 0 Å². The average Bonchev–Trinajstić information content (AvgIpc) is 2.70. The molecule has 0 spiro atoms. The van der Waals surface area contributed by atoms with Crippen LogP contribution in [-0.4, -0.2) is 68.4 Å². The smallest absolute Gasteiger partial charge is 0.319 e. The van der Waals surface area contributed by atoms with Crippen molar-refractivity contribution in [3.8, 4) is 0 Å². The predicted octanol–water partition coefficient (Wildman–Crippen LogP) is 0.546. The normalized spacial score (nSPS) is 33.7. The summed E-state index contributed by atoms with van der Waals surface area (Å²) in [5.74, 6) is 0. The van der Waals surface area contributed by atoms with Crippen LogP contribution in [0.1, 0.15) is 12.8 Å². The molecule has 1 saturated carbocycles. The molecule has 0 radical (unpaired) electrons. The molecule has 0 aromatic heterocycles. The first-order valence-electron chi connectivity index (χ1n) is 5.77. The molecule has 0 aromatic rings. The fourth-order valence-electron chi connectivity index (χ4n) is 2.66. The van der Waals surface area contributed by atoms with Gasteiger partial charge in [0.25, 0.3) is 0 Å². The van der Waals surface area contributed by atoms with E-state index in [1.54, 1.807) is 26.1 Å². The van der Waals surface area contributed by atoms with E-state index in [2.05, 4.69) is 0 Å². The summed E-state index contributed by atoms with van der Waals surface area (Å²) in [6.07, 6.45) is 2.15. The maximum Gasteiger partial charge on any atom is 0.319 e. The highest BCUT2D eigenvalue weighted by Gasteiger charge is 2.44. The van der Waals surface area contributed by atoms with Crippen molar-refractivity contribution in [1.29, 1.82) is 0 Å². The Morgan fingerprint density at radius 1 is 1.44 bits per heavy atom. The van der Waals surface area contributed by atoms with E-state index in [-0.39, 0.29) is 24.3 Å². The number of urea groups is 1. The number of morpholine rings is 1. The van der Waals surface area contributed by atoms with Gasteiger partial charge < -0.3 is 19.3 Å². The highest BCUT2D eigenvalue weighted by Crippen LogP contribution is 2.32. The van der Waals surface area contributed by atoms with Crippen LogP contribution in [0.2, 0.25) is 0 Å². The third kappa shape index (κ3) is 1.89. The minimum absolute atomic E-state index is 0.0580. The number of carbonyl (C=O) groups excluding carboxylic acids is 1. The molecule has 2 aliphatic rings. The van der Waals surface area contributed by atoms with Crippen molar-refractivity contribution >= 4 is 6.03 Å². The first kappa shape index (κ1) is 11.7. The van der Waals surface area contributed by atoms with Crippen LogP contribution in [0.25, 0.3) is 0 Å². The molecule has 2 rings (SSSR count). The second-order valence-electron chi connectivity index (χ2n) is 4.62. The van der Waals surface area contributed by atoms with Gasteiger partial charge in [-0.3, -0.25) is 0 Å². The van der Waals surface area contributed by atoms with Crippen LogP contribution in [0.4, 0.5) is 4.79 Å². The Kier molecular flexibility index (Phi) is 3.35. The Morgan fingerprint density at radius 2 is 2.19 bits per heavy atom. The maximum atomic E-state index is 12.0. The monoisotopic (exact) mass is 228 g/mol. The first-order chi connectivity index (χ1) is 7.65. The molecule has 2 fully saturated rings. The molecule has 0 N–H and O–H groups in total. The zero-order valence-electron chi connectivity index (χ0n) is 10.2. The maximum absolute atomic E-state index is 12.0. The van der Waals surface area contributed by atoms with Crippen molar-refractivity contribution in [2.24, 2.45) is 0 Å². The van der Waals surface area contributed by atoms with Crippen LogP contribution < -0.4 is 0 Å². The van der Waals surface area contributed by atoms with Crippen LogP contribution in [-0.2, 0) is 9.47 Å².